The molecule has 0 atom stereocenters. The number of rotatable bonds is 7. The standard InChI is InChI=1S/C22H18N2O4S/c1-2-28-22(25)17-9-11-18(12-10-17)23-15-16-8-13-21(20(14-16)24(26)27)29-19-6-4-3-5-7-19/h3-15H,2H2,1H3. The Balaban J connectivity index is 1.78. The third kappa shape index (κ3) is 5.52. The highest BCUT2D eigenvalue weighted by Gasteiger charge is 2.15. The predicted octanol–water partition coefficient (Wildman–Crippen LogP) is 5.67. The summed E-state index contributed by atoms with van der Waals surface area (Å²) in [6.45, 7) is 2.06. The van der Waals surface area contributed by atoms with Gasteiger partial charge in [-0.25, -0.2) is 4.79 Å². The second-order valence-corrected chi connectivity index (χ2v) is 7.04. The smallest absolute Gasteiger partial charge is 0.338 e. The molecule has 0 N–H and O–H groups in total. The molecule has 0 saturated carbocycles. The normalized spacial score (nSPS) is 10.8. The van der Waals surface area contributed by atoms with Gasteiger partial charge >= 0.3 is 5.97 Å². The Bertz CT molecular complexity index is 1030. The first-order chi connectivity index (χ1) is 14.1. The summed E-state index contributed by atoms with van der Waals surface area (Å²) >= 11 is 1.34. The molecule has 0 radical (unpaired) electrons. The van der Waals surface area contributed by atoms with E-state index < -0.39 is 4.92 Å². The molecule has 3 aromatic carbocycles. The maximum Gasteiger partial charge on any atom is 0.338 e. The fraction of sp³-hybridized carbons (Fsp3) is 0.0909. The Kier molecular flexibility index (Phi) is 6.76. The summed E-state index contributed by atoms with van der Waals surface area (Å²) in [4.78, 5) is 28.6. The summed E-state index contributed by atoms with van der Waals surface area (Å²) in [5, 5.41) is 11.5. The number of nitro groups is 1. The Labute approximate surface area is 172 Å². The van der Waals surface area contributed by atoms with Crippen molar-refractivity contribution < 1.29 is 14.5 Å². The largest absolute Gasteiger partial charge is 0.462 e. The van der Waals surface area contributed by atoms with Gasteiger partial charge in [0.2, 0.25) is 0 Å². The monoisotopic (exact) mass is 406 g/mol. The zero-order chi connectivity index (χ0) is 20.6. The third-order valence-electron chi connectivity index (χ3n) is 3.89. The van der Waals surface area contributed by atoms with Gasteiger partial charge in [0.25, 0.3) is 5.69 Å². The first-order valence-corrected chi connectivity index (χ1v) is 9.71. The summed E-state index contributed by atoms with van der Waals surface area (Å²) in [5.74, 6) is -0.384. The molecule has 3 aromatic rings. The second kappa shape index (κ2) is 9.66. The van der Waals surface area contributed by atoms with E-state index in [1.165, 1.54) is 17.8 Å². The van der Waals surface area contributed by atoms with Crippen LogP contribution in [-0.4, -0.2) is 23.7 Å². The fourth-order valence-electron chi connectivity index (χ4n) is 2.51. The van der Waals surface area contributed by atoms with E-state index in [2.05, 4.69) is 4.99 Å². The topological polar surface area (TPSA) is 81.8 Å². The maximum atomic E-state index is 11.7. The quantitative estimate of drug-likeness (QED) is 0.218. The van der Waals surface area contributed by atoms with Gasteiger partial charge in [-0.3, -0.25) is 15.1 Å². The summed E-state index contributed by atoms with van der Waals surface area (Å²) in [6, 6.07) is 21.2. The lowest BCUT2D eigenvalue weighted by Gasteiger charge is -2.04. The Hall–Kier alpha value is -3.45. The van der Waals surface area contributed by atoms with Crippen LogP contribution in [0.15, 0.2) is 87.6 Å². The van der Waals surface area contributed by atoms with Crippen molar-refractivity contribution in [3.8, 4) is 0 Å². The first kappa shape index (κ1) is 20.3. The number of hydrogen-bond donors (Lipinski definition) is 0. The van der Waals surface area contributed by atoms with E-state index in [0.29, 0.717) is 28.3 Å². The molecular weight excluding hydrogens is 388 g/mol. The Morgan fingerprint density at radius 2 is 1.83 bits per heavy atom. The van der Waals surface area contributed by atoms with Gasteiger partial charge in [0.1, 0.15) is 0 Å². The van der Waals surface area contributed by atoms with Crippen molar-refractivity contribution in [3.05, 3.63) is 94.0 Å². The first-order valence-electron chi connectivity index (χ1n) is 8.89. The number of nitro benzene ring substituents is 1. The minimum atomic E-state index is -0.392. The number of carbonyl (C=O) groups excluding carboxylic acids is 1. The molecule has 0 aliphatic heterocycles. The maximum absolute atomic E-state index is 11.7. The number of benzene rings is 3. The van der Waals surface area contributed by atoms with E-state index in [1.54, 1.807) is 49.5 Å². The molecule has 0 amide bonds. The number of aliphatic imine (C=N–C) groups is 1. The van der Waals surface area contributed by atoms with Crippen molar-refractivity contribution in [2.24, 2.45) is 4.99 Å². The number of ether oxygens (including phenoxy) is 1. The van der Waals surface area contributed by atoms with Gasteiger partial charge in [-0.05, 0) is 55.0 Å². The molecule has 0 unspecified atom stereocenters. The molecule has 6 nitrogen and oxygen atoms in total. The molecule has 0 aromatic heterocycles. The van der Waals surface area contributed by atoms with Crippen molar-refractivity contribution >= 4 is 35.3 Å². The molecule has 0 spiro atoms. The van der Waals surface area contributed by atoms with Crippen LogP contribution in [0.1, 0.15) is 22.8 Å². The van der Waals surface area contributed by atoms with Crippen molar-refractivity contribution in [2.75, 3.05) is 6.61 Å². The molecule has 7 heteroatoms. The van der Waals surface area contributed by atoms with E-state index in [1.807, 2.05) is 30.3 Å². The molecule has 0 aliphatic carbocycles. The van der Waals surface area contributed by atoms with Crippen LogP contribution < -0.4 is 0 Å². The van der Waals surface area contributed by atoms with E-state index in [9.17, 15) is 14.9 Å². The second-order valence-electron chi connectivity index (χ2n) is 5.92. The summed E-state index contributed by atoms with van der Waals surface area (Å²) in [7, 11) is 0. The van der Waals surface area contributed by atoms with Crippen LogP contribution in [0.4, 0.5) is 11.4 Å². The molecule has 0 heterocycles. The van der Waals surface area contributed by atoms with Gasteiger partial charge in [0.05, 0.1) is 27.7 Å². The van der Waals surface area contributed by atoms with Crippen molar-refractivity contribution in [1.82, 2.24) is 0 Å². The lowest BCUT2D eigenvalue weighted by molar-refractivity contribution is -0.387. The third-order valence-corrected chi connectivity index (χ3v) is 4.96. The van der Waals surface area contributed by atoms with E-state index in [-0.39, 0.29) is 11.7 Å². The summed E-state index contributed by atoms with van der Waals surface area (Å²) in [6.07, 6.45) is 1.56. The number of carbonyl (C=O) groups is 1. The minimum absolute atomic E-state index is 0.0282. The minimum Gasteiger partial charge on any atom is -0.462 e. The van der Waals surface area contributed by atoms with Crippen molar-refractivity contribution in [1.29, 1.82) is 0 Å². The lowest BCUT2D eigenvalue weighted by atomic mass is 10.2. The van der Waals surface area contributed by atoms with Crippen LogP contribution in [0, 0.1) is 10.1 Å². The van der Waals surface area contributed by atoms with Crippen LogP contribution in [-0.2, 0) is 4.74 Å². The molecule has 0 aliphatic rings. The highest BCUT2D eigenvalue weighted by Crippen LogP contribution is 2.35. The fourth-order valence-corrected chi connectivity index (χ4v) is 3.43. The predicted molar refractivity (Wildman–Crippen MR) is 113 cm³/mol. The van der Waals surface area contributed by atoms with Crippen LogP contribution in [0.5, 0.6) is 0 Å². The number of hydrogen-bond acceptors (Lipinski definition) is 6. The summed E-state index contributed by atoms with van der Waals surface area (Å²) in [5.41, 5.74) is 1.72. The molecular formula is C22H18N2O4S. The zero-order valence-corrected chi connectivity index (χ0v) is 16.5. The SMILES string of the molecule is CCOC(=O)c1ccc(N=Cc2ccc(Sc3ccccc3)c([N+](=O)[O-])c2)cc1. The zero-order valence-electron chi connectivity index (χ0n) is 15.6. The molecule has 0 bridgehead atoms. The molecule has 3 rings (SSSR count). The number of esters is 1. The molecule has 146 valence electrons. The van der Waals surface area contributed by atoms with Crippen LogP contribution in [0.2, 0.25) is 0 Å². The highest BCUT2D eigenvalue weighted by molar-refractivity contribution is 7.99. The highest BCUT2D eigenvalue weighted by atomic mass is 32.2. The average Bonchev–Trinajstić information content (AvgIpc) is 2.74. The number of nitrogens with zero attached hydrogens (tertiary/aromatic N) is 2. The molecule has 0 fully saturated rings. The van der Waals surface area contributed by atoms with Gasteiger partial charge in [-0.2, -0.15) is 0 Å². The van der Waals surface area contributed by atoms with Gasteiger partial charge in [-0.15, -0.1) is 0 Å². The van der Waals surface area contributed by atoms with Crippen LogP contribution in [0.3, 0.4) is 0 Å². The van der Waals surface area contributed by atoms with Gasteiger partial charge < -0.3 is 4.74 Å². The average molecular weight is 406 g/mol. The lowest BCUT2D eigenvalue weighted by Crippen LogP contribution is -2.03. The van der Waals surface area contributed by atoms with Crippen molar-refractivity contribution in [2.45, 2.75) is 16.7 Å². The van der Waals surface area contributed by atoms with Gasteiger partial charge in [-0.1, -0.05) is 36.0 Å². The van der Waals surface area contributed by atoms with Gasteiger partial charge in [0.15, 0.2) is 0 Å². The van der Waals surface area contributed by atoms with E-state index >= 15 is 0 Å². The summed E-state index contributed by atoms with van der Waals surface area (Å²) < 4.78 is 4.94. The van der Waals surface area contributed by atoms with E-state index in [4.69, 9.17) is 4.74 Å². The molecule has 0 saturated heterocycles. The van der Waals surface area contributed by atoms with Crippen molar-refractivity contribution in [3.63, 3.8) is 0 Å². The van der Waals surface area contributed by atoms with Gasteiger partial charge in [0, 0.05) is 17.2 Å². The Morgan fingerprint density at radius 3 is 2.48 bits per heavy atom. The van der Waals surface area contributed by atoms with E-state index in [0.717, 1.165) is 4.90 Å². The Morgan fingerprint density at radius 1 is 1.10 bits per heavy atom. The van der Waals surface area contributed by atoms with Crippen LogP contribution in [0.25, 0.3) is 0 Å². The molecule has 29 heavy (non-hydrogen) atoms. The van der Waals surface area contributed by atoms with Crippen LogP contribution >= 0.6 is 11.8 Å².